The fourth-order valence-corrected chi connectivity index (χ4v) is 7.73. The number of carbonyl (C=O) groups is 1. The van der Waals surface area contributed by atoms with Gasteiger partial charge in [0.05, 0.1) is 19.4 Å². The number of esters is 1. The van der Waals surface area contributed by atoms with Gasteiger partial charge in [-0.2, -0.15) is 0 Å². The van der Waals surface area contributed by atoms with Crippen molar-refractivity contribution < 1.29 is 9.53 Å². The molecule has 3 aromatic carbocycles. The SMILES string of the molecule is CCOC(=O)/C(=C/c1cn2ccccc2n1)N=P(c1ccccc1)(c1ccccc1)c1ccccc1. The predicted molar refractivity (Wildman–Crippen MR) is 147 cm³/mol. The van der Waals surface area contributed by atoms with Crippen LogP contribution in [0.15, 0.2) is 132 Å². The van der Waals surface area contributed by atoms with E-state index >= 15 is 0 Å². The second-order valence-corrected chi connectivity index (χ2v) is 11.1. The maximum atomic E-state index is 13.3. The highest BCUT2D eigenvalue weighted by Crippen LogP contribution is 2.48. The Hall–Kier alpha value is -4.21. The van der Waals surface area contributed by atoms with Crippen LogP contribution in [0, 0.1) is 0 Å². The van der Waals surface area contributed by atoms with Crippen molar-refractivity contribution in [2.24, 2.45) is 4.74 Å². The van der Waals surface area contributed by atoms with E-state index in [1.807, 2.05) is 89.6 Å². The zero-order chi connectivity index (χ0) is 24.8. The summed E-state index contributed by atoms with van der Waals surface area (Å²) in [5.41, 5.74) is 1.67. The van der Waals surface area contributed by atoms with E-state index in [2.05, 4.69) is 41.4 Å². The van der Waals surface area contributed by atoms with E-state index in [1.165, 1.54) is 0 Å². The van der Waals surface area contributed by atoms with Crippen molar-refractivity contribution in [1.82, 2.24) is 9.38 Å². The average molecular weight is 492 g/mol. The fourth-order valence-electron chi connectivity index (χ4n) is 4.21. The van der Waals surface area contributed by atoms with Crippen molar-refractivity contribution in [2.45, 2.75) is 6.92 Å². The summed E-state index contributed by atoms with van der Waals surface area (Å²) in [5.74, 6) is -0.471. The van der Waals surface area contributed by atoms with Crippen LogP contribution in [0.25, 0.3) is 11.7 Å². The van der Waals surface area contributed by atoms with Gasteiger partial charge in [0.2, 0.25) is 0 Å². The first-order valence-corrected chi connectivity index (χ1v) is 13.6. The molecule has 5 rings (SSSR count). The molecule has 0 saturated heterocycles. The number of pyridine rings is 1. The molecule has 6 heteroatoms. The summed E-state index contributed by atoms with van der Waals surface area (Å²) in [5, 5.41) is 3.15. The zero-order valence-corrected chi connectivity index (χ0v) is 20.8. The van der Waals surface area contributed by atoms with Crippen LogP contribution >= 0.6 is 7.05 Å². The Morgan fingerprint density at radius 2 is 1.36 bits per heavy atom. The van der Waals surface area contributed by atoms with Crippen LogP contribution in [0.5, 0.6) is 0 Å². The van der Waals surface area contributed by atoms with Crippen LogP contribution in [0.3, 0.4) is 0 Å². The number of ether oxygens (including phenoxy) is 1. The number of benzene rings is 3. The van der Waals surface area contributed by atoms with Crippen molar-refractivity contribution >= 4 is 40.7 Å². The van der Waals surface area contributed by atoms with Crippen LogP contribution in [0.4, 0.5) is 0 Å². The number of rotatable bonds is 7. The Morgan fingerprint density at radius 1 is 0.833 bits per heavy atom. The van der Waals surface area contributed by atoms with E-state index in [-0.39, 0.29) is 12.3 Å². The maximum absolute atomic E-state index is 13.3. The Morgan fingerprint density at radius 3 is 1.86 bits per heavy atom. The topological polar surface area (TPSA) is 56.0 Å². The minimum atomic E-state index is -2.64. The molecule has 178 valence electrons. The van der Waals surface area contributed by atoms with Crippen LogP contribution in [-0.4, -0.2) is 22.0 Å². The Labute approximate surface area is 210 Å². The van der Waals surface area contributed by atoms with E-state index < -0.39 is 13.0 Å². The second-order valence-electron chi connectivity index (χ2n) is 8.12. The Balaban J connectivity index is 1.85. The van der Waals surface area contributed by atoms with Gasteiger partial charge < -0.3 is 9.14 Å². The van der Waals surface area contributed by atoms with E-state index in [0.717, 1.165) is 21.6 Å². The van der Waals surface area contributed by atoms with Gasteiger partial charge in [0, 0.05) is 28.3 Å². The van der Waals surface area contributed by atoms with Gasteiger partial charge in [-0.15, -0.1) is 0 Å². The van der Waals surface area contributed by atoms with E-state index in [9.17, 15) is 4.79 Å². The molecule has 2 aromatic heterocycles. The number of fused-ring (bicyclic) bond motifs is 1. The van der Waals surface area contributed by atoms with Crippen molar-refractivity contribution in [3.05, 3.63) is 133 Å². The highest BCUT2D eigenvalue weighted by molar-refractivity contribution is 7.87. The van der Waals surface area contributed by atoms with E-state index in [4.69, 9.17) is 9.48 Å². The number of nitrogens with zero attached hydrogens (tertiary/aromatic N) is 3. The highest BCUT2D eigenvalue weighted by Gasteiger charge is 2.29. The van der Waals surface area contributed by atoms with Gasteiger partial charge in [-0.3, -0.25) is 0 Å². The summed E-state index contributed by atoms with van der Waals surface area (Å²) in [6.45, 7) is 2.05. The molecule has 0 amide bonds. The van der Waals surface area contributed by atoms with Gasteiger partial charge in [-0.25, -0.2) is 14.5 Å². The molecule has 2 heterocycles. The van der Waals surface area contributed by atoms with E-state index in [0.29, 0.717) is 5.69 Å². The van der Waals surface area contributed by atoms with Crippen molar-refractivity contribution in [3.63, 3.8) is 0 Å². The van der Waals surface area contributed by atoms with Gasteiger partial charge >= 0.3 is 5.97 Å². The molecule has 0 aliphatic carbocycles. The quantitative estimate of drug-likeness (QED) is 0.174. The van der Waals surface area contributed by atoms with E-state index in [1.54, 1.807) is 13.0 Å². The summed E-state index contributed by atoms with van der Waals surface area (Å²) >= 11 is 0. The smallest absolute Gasteiger partial charge is 0.356 e. The molecule has 5 nitrogen and oxygen atoms in total. The first kappa shape index (κ1) is 23.5. The van der Waals surface area contributed by atoms with Crippen LogP contribution in [0.2, 0.25) is 0 Å². The molecule has 0 aliphatic rings. The highest BCUT2D eigenvalue weighted by atomic mass is 31.2. The molecular weight excluding hydrogens is 465 g/mol. The lowest BCUT2D eigenvalue weighted by atomic mass is 10.3. The predicted octanol–water partition coefficient (Wildman–Crippen LogP) is 5.42. The fraction of sp³-hybridized carbons (Fsp3) is 0.0667. The van der Waals surface area contributed by atoms with Crippen LogP contribution in [-0.2, 0) is 9.53 Å². The lowest BCUT2D eigenvalue weighted by molar-refractivity contribution is -0.138. The molecule has 0 aliphatic heterocycles. The third kappa shape index (κ3) is 4.66. The third-order valence-corrected chi connectivity index (χ3v) is 9.45. The number of aromatic nitrogens is 2. The molecule has 0 N–H and O–H groups in total. The number of hydrogen-bond donors (Lipinski definition) is 0. The summed E-state index contributed by atoms with van der Waals surface area (Å²) in [7, 11) is -2.64. The molecule has 0 spiro atoms. The average Bonchev–Trinajstić information content (AvgIpc) is 3.35. The minimum absolute atomic E-state index is 0.241. The number of imidazole rings is 1. The van der Waals surface area contributed by atoms with Gasteiger partial charge in [0.15, 0.2) is 0 Å². The van der Waals surface area contributed by atoms with Crippen LogP contribution < -0.4 is 15.9 Å². The summed E-state index contributed by atoms with van der Waals surface area (Å²) in [6, 6.07) is 36.4. The lowest BCUT2D eigenvalue weighted by Crippen LogP contribution is -2.26. The van der Waals surface area contributed by atoms with Crippen LogP contribution in [0.1, 0.15) is 12.6 Å². The molecule has 0 bridgehead atoms. The number of hydrogen-bond acceptors (Lipinski definition) is 4. The van der Waals surface area contributed by atoms with Crippen molar-refractivity contribution in [1.29, 1.82) is 0 Å². The minimum Gasteiger partial charge on any atom is -0.461 e. The molecule has 0 fully saturated rings. The number of carbonyl (C=O) groups excluding carboxylic acids is 1. The summed E-state index contributed by atoms with van der Waals surface area (Å²) < 4.78 is 12.8. The normalized spacial score (nSPS) is 11.9. The zero-order valence-electron chi connectivity index (χ0n) is 19.9. The second kappa shape index (κ2) is 10.6. The largest absolute Gasteiger partial charge is 0.461 e. The molecule has 0 radical (unpaired) electrons. The molecule has 5 aromatic rings. The third-order valence-electron chi connectivity index (χ3n) is 5.80. The van der Waals surface area contributed by atoms with Gasteiger partial charge in [0.1, 0.15) is 11.3 Å². The summed E-state index contributed by atoms with van der Waals surface area (Å²) in [6.07, 6.45) is 5.54. The lowest BCUT2D eigenvalue weighted by Gasteiger charge is -2.27. The Kier molecular flexibility index (Phi) is 6.92. The molecule has 0 atom stereocenters. The van der Waals surface area contributed by atoms with Gasteiger partial charge in [-0.1, -0.05) is 97.1 Å². The summed E-state index contributed by atoms with van der Waals surface area (Å²) in [4.78, 5) is 18.0. The molecule has 0 unspecified atom stereocenters. The first-order valence-electron chi connectivity index (χ1n) is 11.8. The van der Waals surface area contributed by atoms with Crippen molar-refractivity contribution in [2.75, 3.05) is 6.61 Å². The van der Waals surface area contributed by atoms with Gasteiger partial charge in [-0.05, 0) is 25.1 Å². The van der Waals surface area contributed by atoms with Gasteiger partial charge in [0.25, 0.3) is 0 Å². The molecule has 0 saturated carbocycles. The monoisotopic (exact) mass is 491 g/mol. The molecule has 36 heavy (non-hydrogen) atoms. The molecular formula is C30H26N3O2P. The maximum Gasteiger partial charge on any atom is 0.356 e. The first-order chi connectivity index (χ1) is 17.7. The van der Waals surface area contributed by atoms with Crippen molar-refractivity contribution in [3.8, 4) is 0 Å². The standard InChI is InChI=1S/C30H26N3O2P/c1-2-35-30(34)28(22-24-23-33-21-13-12-20-29(33)31-24)32-36(25-14-6-3-7-15-25,26-16-8-4-9-17-26)27-18-10-5-11-19-27/h3-23H,2H2,1H3/b28-22-. The Bertz CT molecular complexity index is 1420.